The van der Waals surface area contributed by atoms with Crippen molar-refractivity contribution in [1.82, 2.24) is 4.90 Å². The van der Waals surface area contributed by atoms with E-state index < -0.39 is 18.5 Å². The number of ether oxygens (including phenoxy) is 3. The number of hydrogen-bond donors (Lipinski definition) is 1. The van der Waals surface area contributed by atoms with E-state index in [1.54, 1.807) is 47.4 Å². The Morgan fingerprint density at radius 2 is 1.86 bits per heavy atom. The third-order valence-electron chi connectivity index (χ3n) is 4.73. The number of fused-ring (bicyclic) bond motifs is 1. The van der Waals surface area contributed by atoms with E-state index in [1.165, 1.54) is 0 Å². The Morgan fingerprint density at radius 1 is 1.07 bits per heavy atom. The predicted octanol–water partition coefficient (Wildman–Crippen LogP) is 2.33. The molecule has 0 aromatic heterocycles. The van der Waals surface area contributed by atoms with Crippen LogP contribution in [0.1, 0.15) is 28.8 Å². The van der Waals surface area contributed by atoms with Crippen molar-refractivity contribution < 1.29 is 28.6 Å². The number of carbonyl (C=O) groups is 3. The van der Waals surface area contributed by atoms with Crippen LogP contribution < -0.4 is 14.8 Å². The molecular formula is C21H20N2O6. The van der Waals surface area contributed by atoms with Crippen LogP contribution in [0.2, 0.25) is 0 Å². The third-order valence-corrected chi connectivity index (χ3v) is 4.73. The summed E-state index contributed by atoms with van der Waals surface area (Å²) >= 11 is 0. The lowest BCUT2D eigenvalue weighted by Crippen LogP contribution is -2.23. The van der Waals surface area contributed by atoms with Crippen LogP contribution in [0.25, 0.3) is 0 Å². The second-order valence-corrected chi connectivity index (χ2v) is 6.81. The molecule has 0 saturated carbocycles. The van der Waals surface area contributed by atoms with Gasteiger partial charge in [0.05, 0.1) is 5.56 Å². The molecule has 29 heavy (non-hydrogen) atoms. The topological polar surface area (TPSA) is 94.2 Å². The first-order valence-corrected chi connectivity index (χ1v) is 9.32. The quantitative estimate of drug-likeness (QED) is 0.754. The number of anilines is 1. The monoisotopic (exact) mass is 396 g/mol. The zero-order chi connectivity index (χ0) is 20.2. The highest BCUT2D eigenvalue weighted by Crippen LogP contribution is 2.34. The molecule has 150 valence electrons. The maximum Gasteiger partial charge on any atom is 0.338 e. The molecule has 2 amide bonds. The smallest absolute Gasteiger partial charge is 0.338 e. The Labute approximate surface area is 167 Å². The van der Waals surface area contributed by atoms with Gasteiger partial charge in [0.1, 0.15) is 0 Å². The number of benzene rings is 2. The van der Waals surface area contributed by atoms with Gasteiger partial charge in [-0.2, -0.15) is 0 Å². The molecule has 0 aliphatic carbocycles. The van der Waals surface area contributed by atoms with E-state index in [0.717, 1.165) is 18.5 Å². The summed E-state index contributed by atoms with van der Waals surface area (Å²) in [4.78, 5) is 37.7. The highest BCUT2D eigenvalue weighted by Gasteiger charge is 2.20. The van der Waals surface area contributed by atoms with Crippen molar-refractivity contribution in [1.29, 1.82) is 0 Å². The molecule has 8 heteroatoms. The van der Waals surface area contributed by atoms with Crippen molar-refractivity contribution in [2.45, 2.75) is 19.4 Å². The Balaban J connectivity index is 1.26. The van der Waals surface area contributed by atoms with Gasteiger partial charge in [-0.3, -0.25) is 9.59 Å². The first kappa shape index (κ1) is 18.8. The fraction of sp³-hybridized carbons (Fsp3) is 0.286. The minimum atomic E-state index is -0.588. The van der Waals surface area contributed by atoms with E-state index >= 15 is 0 Å². The van der Waals surface area contributed by atoms with Crippen molar-refractivity contribution >= 4 is 23.5 Å². The minimum absolute atomic E-state index is 0.150. The minimum Gasteiger partial charge on any atom is -0.454 e. The molecule has 4 rings (SSSR count). The number of carbonyl (C=O) groups excluding carboxylic acids is 3. The lowest BCUT2D eigenvalue weighted by molar-refractivity contribution is -0.128. The molecule has 2 aliphatic heterocycles. The zero-order valence-corrected chi connectivity index (χ0v) is 15.7. The Hall–Kier alpha value is -3.55. The van der Waals surface area contributed by atoms with Crippen LogP contribution in [0.15, 0.2) is 42.5 Å². The molecule has 1 N–H and O–H groups in total. The van der Waals surface area contributed by atoms with Crippen LogP contribution in [-0.2, 0) is 20.9 Å². The summed E-state index contributed by atoms with van der Waals surface area (Å²) in [7, 11) is 0. The molecule has 2 heterocycles. The summed E-state index contributed by atoms with van der Waals surface area (Å²) in [6.45, 7) is 1.04. The van der Waals surface area contributed by atoms with E-state index in [9.17, 15) is 14.4 Å². The Kier molecular flexibility index (Phi) is 5.33. The number of esters is 1. The molecule has 0 radical (unpaired) electrons. The van der Waals surface area contributed by atoms with Gasteiger partial charge < -0.3 is 24.4 Å². The van der Waals surface area contributed by atoms with Crippen molar-refractivity contribution in [2.75, 3.05) is 25.3 Å². The van der Waals surface area contributed by atoms with E-state index in [0.29, 0.717) is 35.7 Å². The summed E-state index contributed by atoms with van der Waals surface area (Å²) in [5.74, 6) is 0.278. The molecule has 1 fully saturated rings. The number of nitrogens with one attached hydrogen (secondary N) is 1. The van der Waals surface area contributed by atoms with Crippen LogP contribution in [0.3, 0.4) is 0 Å². The molecule has 2 aromatic rings. The number of amides is 2. The van der Waals surface area contributed by atoms with Crippen molar-refractivity contribution in [3.05, 3.63) is 53.6 Å². The van der Waals surface area contributed by atoms with Gasteiger partial charge in [0.25, 0.3) is 5.91 Å². The van der Waals surface area contributed by atoms with E-state index in [4.69, 9.17) is 14.2 Å². The molecular weight excluding hydrogens is 376 g/mol. The standard InChI is InChI=1S/C21H20N2O6/c24-19(22-16-7-8-17-18(10-16)29-13-28-17)12-27-21(26)15-5-3-14(4-6-15)11-23-9-1-2-20(23)25/h3-8,10H,1-2,9,11-13H2,(H,22,24). The number of nitrogens with zero attached hydrogens (tertiary/aromatic N) is 1. The van der Waals surface area contributed by atoms with Crippen molar-refractivity contribution in [3.63, 3.8) is 0 Å². The molecule has 0 spiro atoms. The SMILES string of the molecule is O=C(COC(=O)c1ccc(CN2CCCC2=O)cc1)Nc1ccc2c(c1)OCO2. The van der Waals surface area contributed by atoms with Crippen molar-refractivity contribution in [3.8, 4) is 11.5 Å². The number of rotatable bonds is 6. The second kappa shape index (κ2) is 8.22. The fourth-order valence-corrected chi connectivity index (χ4v) is 3.22. The van der Waals surface area contributed by atoms with Gasteiger partial charge in [0.15, 0.2) is 18.1 Å². The maximum atomic E-state index is 12.2. The van der Waals surface area contributed by atoms with Crippen LogP contribution in [0.4, 0.5) is 5.69 Å². The Morgan fingerprint density at radius 3 is 2.62 bits per heavy atom. The van der Waals surface area contributed by atoms with Gasteiger partial charge in [0.2, 0.25) is 12.7 Å². The molecule has 0 bridgehead atoms. The summed E-state index contributed by atoms with van der Waals surface area (Å²) in [5, 5.41) is 2.64. The predicted molar refractivity (Wildman–Crippen MR) is 103 cm³/mol. The van der Waals surface area contributed by atoms with Crippen LogP contribution in [0.5, 0.6) is 11.5 Å². The number of hydrogen-bond acceptors (Lipinski definition) is 6. The van der Waals surface area contributed by atoms with E-state index in [1.807, 2.05) is 0 Å². The second-order valence-electron chi connectivity index (χ2n) is 6.81. The van der Waals surface area contributed by atoms with Gasteiger partial charge in [-0.15, -0.1) is 0 Å². The molecule has 2 aromatic carbocycles. The van der Waals surface area contributed by atoms with Crippen LogP contribution in [0, 0.1) is 0 Å². The fourth-order valence-electron chi connectivity index (χ4n) is 3.22. The van der Waals surface area contributed by atoms with Crippen molar-refractivity contribution in [2.24, 2.45) is 0 Å². The normalized spacial score (nSPS) is 14.8. The van der Waals surface area contributed by atoms with E-state index in [-0.39, 0.29) is 12.7 Å². The average molecular weight is 396 g/mol. The summed E-state index contributed by atoms with van der Waals surface area (Å²) in [6, 6.07) is 11.9. The first-order valence-electron chi connectivity index (χ1n) is 9.32. The third kappa shape index (κ3) is 4.48. The molecule has 1 saturated heterocycles. The van der Waals surface area contributed by atoms with Crippen LogP contribution in [-0.4, -0.2) is 42.6 Å². The van der Waals surface area contributed by atoms with Gasteiger partial charge in [-0.1, -0.05) is 12.1 Å². The van der Waals surface area contributed by atoms with Crippen LogP contribution >= 0.6 is 0 Å². The summed E-state index contributed by atoms with van der Waals surface area (Å²) in [6.07, 6.45) is 1.48. The van der Waals surface area contributed by atoms with Gasteiger partial charge in [-0.05, 0) is 36.2 Å². The molecule has 0 atom stereocenters. The highest BCUT2D eigenvalue weighted by atomic mass is 16.7. The van der Waals surface area contributed by atoms with E-state index in [2.05, 4.69) is 5.32 Å². The van der Waals surface area contributed by atoms with Gasteiger partial charge in [0, 0.05) is 31.3 Å². The average Bonchev–Trinajstić information content (AvgIpc) is 3.35. The first-order chi connectivity index (χ1) is 14.1. The lowest BCUT2D eigenvalue weighted by atomic mass is 10.1. The van der Waals surface area contributed by atoms with Gasteiger partial charge >= 0.3 is 5.97 Å². The zero-order valence-electron chi connectivity index (χ0n) is 15.7. The molecule has 8 nitrogen and oxygen atoms in total. The molecule has 0 unspecified atom stereocenters. The lowest BCUT2D eigenvalue weighted by Gasteiger charge is -2.15. The summed E-state index contributed by atoms with van der Waals surface area (Å²) < 4.78 is 15.5. The largest absolute Gasteiger partial charge is 0.454 e. The van der Waals surface area contributed by atoms with Gasteiger partial charge in [-0.25, -0.2) is 4.79 Å². The Bertz CT molecular complexity index is 941. The highest BCUT2D eigenvalue weighted by molar-refractivity contribution is 5.95. The summed E-state index contributed by atoms with van der Waals surface area (Å²) in [5.41, 5.74) is 1.81. The maximum absolute atomic E-state index is 12.2. The number of likely N-dealkylation sites (tertiary alicyclic amines) is 1. The molecule has 2 aliphatic rings.